The average Bonchev–Trinajstić information content (AvgIpc) is 2.67. The Morgan fingerprint density at radius 3 is 1.96 bits per heavy atom. The molecule has 0 aromatic heterocycles. The zero-order valence-corrected chi connectivity index (χ0v) is 17.1. The van der Waals surface area contributed by atoms with Gasteiger partial charge in [-0.05, 0) is 24.5 Å². The highest BCUT2D eigenvalue weighted by molar-refractivity contribution is 5.77. The van der Waals surface area contributed by atoms with Gasteiger partial charge in [0.05, 0.1) is 19.4 Å². The van der Waals surface area contributed by atoms with E-state index in [-0.39, 0.29) is 31.4 Å². The molecule has 0 saturated carbocycles. The quantitative estimate of drug-likeness (QED) is 0.283. The molecule has 1 aromatic rings. The number of esters is 2. The monoisotopic (exact) mass is 376 g/mol. The van der Waals surface area contributed by atoms with E-state index in [2.05, 4.69) is 6.92 Å². The van der Waals surface area contributed by atoms with Gasteiger partial charge in [0.2, 0.25) is 0 Å². The van der Waals surface area contributed by atoms with Gasteiger partial charge < -0.3 is 9.47 Å². The first-order valence-electron chi connectivity index (χ1n) is 10.5. The van der Waals surface area contributed by atoms with Gasteiger partial charge in [-0.3, -0.25) is 9.59 Å². The molecule has 0 amide bonds. The summed E-state index contributed by atoms with van der Waals surface area (Å²) in [7, 11) is 0. The van der Waals surface area contributed by atoms with Crippen molar-refractivity contribution in [3.8, 4) is 0 Å². The van der Waals surface area contributed by atoms with Crippen LogP contribution in [0.2, 0.25) is 0 Å². The molecule has 0 aliphatic heterocycles. The lowest BCUT2D eigenvalue weighted by Crippen LogP contribution is -2.11. The fourth-order valence-corrected chi connectivity index (χ4v) is 2.88. The maximum atomic E-state index is 11.7. The smallest absolute Gasteiger partial charge is 0.306 e. The maximum absolute atomic E-state index is 11.7. The summed E-state index contributed by atoms with van der Waals surface area (Å²) >= 11 is 0. The van der Waals surface area contributed by atoms with Crippen molar-refractivity contribution in [2.45, 2.75) is 91.1 Å². The molecule has 4 nitrogen and oxygen atoms in total. The molecule has 27 heavy (non-hydrogen) atoms. The number of benzene rings is 1. The Hall–Kier alpha value is -1.84. The van der Waals surface area contributed by atoms with Crippen LogP contribution in [-0.2, 0) is 25.7 Å². The summed E-state index contributed by atoms with van der Waals surface area (Å²) in [4.78, 5) is 23.4. The number of ether oxygens (including phenoxy) is 2. The van der Waals surface area contributed by atoms with Crippen molar-refractivity contribution in [3.05, 3.63) is 35.4 Å². The van der Waals surface area contributed by atoms with Gasteiger partial charge in [-0.1, -0.05) is 82.6 Å². The van der Waals surface area contributed by atoms with Crippen molar-refractivity contribution in [2.75, 3.05) is 6.61 Å². The Morgan fingerprint density at radius 2 is 1.33 bits per heavy atom. The van der Waals surface area contributed by atoms with Crippen LogP contribution in [0.1, 0.15) is 88.7 Å². The minimum absolute atomic E-state index is 0.0719. The zero-order chi connectivity index (χ0) is 19.7. The second-order valence-corrected chi connectivity index (χ2v) is 7.14. The van der Waals surface area contributed by atoms with Gasteiger partial charge in [0.15, 0.2) is 0 Å². The predicted molar refractivity (Wildman–Crippen MR) is 108 cm³/mol. The summed E-state index contributed by atoms with van der Waals surface area (Å²) in [6, 6.07) is 7.78. The van der Waals surface area contributed by atoms with Crippen LogP contribution >= 0.6 is 0 Å². The summed E-state index contributed by atoms with van der Waals surface area (Å²) in [6.07, 6.45) is 11.3. The van der Waals surface area contributed by atoms with Crippen molar-refractivity contribution in [1.82, 2.24) is 0 Å². The molecule has 0 aliphatic rings. The molecule has 152 valence electrons. The Labute approximate surface area is 164 Å². The van der Waals surface area contributed by atoms with Gasteiger partial charge in [0.1, 0.15) is 6.61 Å². The average molecular weight is 377 g/mol. The van der Waals surface area contributed by atoms with Crippen LogP contribution in [-0.4, -0.2) is 18.5 Å². The number of hydrogen-bond acceptors (Lipinski definition) is 4. The molecule has 0 heterocycles. The highest BCUT2D eigenvalue weighted by atomic mass is 16.5. The fraction of sp³-hybridized carbons (Fsp3) is 0.652. The SMILES string of the molecule is CCCCCCCCCCCOC(=O)CCC(=O)OCc1ccccc1C. The molecular formula is C23H36O4. The number of carbonyl (C=O) groups excluding carboxylic acids is 2. The third-order valence-corrected chi connectivity index (χ3v) is 4.69. The van der Waals surface area contributed by atoms with E-state index in [4.69, 9.17) is 9.47 Å². The molecule has 0 saturated heterocycles. The van der Waals surface area contributed by atoms with E-state index in [1.807, 2.05) is 31.2 Å². The van der Waals surface area contributed by atoms with Crippen LogP contribution < -0.4 is 0 Å². The van der Waals surface area contributed by atoms with E-state index in [1.54, 1.807) is 0 Å². The highest BCUT2D eigenvalue weighted by Crippen LogP contribution is 2.11. The summed E-state index contributed by atoms with van der Waals surface area (Å²) in [5.74, 6) is -0.680. The van der Waals surface area contributed by atoms with Crippen LogP contribution in [0.25, 0.3) is 0 Å². The van der Waals surface area contributed by atoms with Gasteiger partial charge in [0.25, 0.3) is 0 Å². The Morgan fingerprint density at radius 1 is 0.778 bits per heavy atom. The number of rotatable bonds is 15. The van der Waals surface area contributed by atoms with Crippen LogP contribution in [0.5, 0.6) is 0 Å². The Kier molecular flexibility index (Phi) is 13.1. The molecule has 0 aliphatic carbocycles. The molecule has 1 aromatic carbocycles. The molecule has 0 atom stereocenters. The molecule has 0 unspecified atom stereocenters. The maximum Gasteiger partial charge on any atom is 0.306 e. The molecule has 0 radical (unpaired) electrons. The first-order valence-corrected chi connectivity index (χ1v) is 10.5. The van der Waals surface area contributed by atoms with Crippen LogP contribution in [0, 0.1) is 6.92 Å². The van der Waals surface area contributed by atoms with E-state index in [9.17, 15) is 9.59 Å². The standard InChI is InChI=1S/C23H36O4/c1-3-4-5-6-7-8-9-10-13-18-26-22(24)16-17-23(25)27-19-21-15-12-11-14-20(21)2/h11-12,14-15H,3-10,13,16-19H2,1-2H3. The van der Waals surface area contributed by atoms with E-state index in [0.717, 1.165) is 24.0 Å². The van der Waals surface area contributed by atoms with Gasteiger partial charge in [-0.2, -0.15) is 0 Å². The zero-order valence-electron chi connectivity index (χ0n) is 17.1. The van der Waals surface area contributed by atoms with Crippen LogP contribution in [0.15, 0.2) is 24.3 Å². The minimum Gasteiger partial charge on any atom is -0.466 e. The molecular weight excluding hydrogens is 340 g/mol. The van der Waals surface area contributed by atoms with Gasteiger partial charge in [0, 0.05) is 0 Å². The van der Waals surface area contributed by atoms with E-state index < -0.39 is 0 Å². The van der Waals surface area contributed by atoms with E-state index in [0.29, 0.717) is 6.61 Å². The molecule has 0 N–H and O–H groups in total. The number of aryl methyl sites for hydroxylation is 1. The molecule has 1 rings (SSSR count). The summed E-state index contributed by atoms with van der Waals surface area (Å²) in [5, 5.41) is 0. The largest absolute Gasteiger partial charge is 0.466 e. The number of unbranched alkanes of at least 4 members (excludes halogenated alkanes) is 8. The van der Waals surface area contributed by atoms with Crippen LogP contribution in [0.3, 0.4) is 0 Å². The number of carbonyl (C=O) groups is 2. The first kappa shape index (κ1) is 23.2. The first-order chi connectivity index (χ1) is 13.1. The van der Waals surface area contributed by atoms with Crippen molar-refractivity contribution in [2.24, 2.45) is 0 Å². The van der Waals surface area contributed by atoms with Crippen molar-refractivity contribution >= 4 is 11.9 Å². The van der Waals surface area contributed by atoms with Crippen molar-refractivity contribution in [3.63, 3.8) is 0 Å². The third kappa shape index (κ3) is 12.2. The highest BCUT2D eigenvalue weighted by Gasteiger charge is 2.10. The second-order valence-electron chi connectivity index (χ2n) is 7.14. The van der Waals surface area contributed by atoms with Gasteiger partial charge in [-0.25, -0.2) is 0 Å². The lowest BCUT2D eigenvalue weighted by molar-refractivity contribution is -0.151. The minimum atomic E-state index is -0.363. The normalized spacial score (nSPS) is 10.6. The van der Waals surface area contributed by atoms with Crippen molar-refractivity contribution < 1.29 is 19.1 Å². The molecule has 0 bridgehead atoms. The van der Waals surface area contributed by atoms with E-state index in [1.165, 1.54) is 44.9 Å². The topological polar surface area (TPSA) is 52.6 Å². The van der Waals surface area contributed by atoms with Gasteiger partial charge in [-0.15, -0.1) is 0 Å². The molecule has 0 spiro atoms. The molecule has 4 heteroatoms. The molecule has 0 fully saturated rings. The lowest BCUT2D eigenvalue weighted by Gasteiger charge is -2.08. The van der Waals surface area contributed by atoms with Gasteiger partial charge >= 0.3 is 11.9 Å². The summed E-state index contributed by atoms with van der Waals surface area (Å²) in [6.45, 7) is 4.91. The Balaban J connectivity index is 1.96. The lowest BCUT2D eigenvalue weighted by atomic mass is 10.1. The number of hydrogen-bond donors (Lipinski definition) is 0. The fourth-order valence-electron chi connectivity index (χ4n) is 2.88. The summed E-state index contributed by atoms with van der Waals surface area (Å²) < 4.78 is 10.4. The summed E-state index contributed by atoms with van der Waals surface area (Å²) in [5.41, 5.74) is 2.07. The Bertz CT molecular complexity index is 539. The van der Waals surface area contributed by atoms with E-state index >= 15 is 0 Å². The third-order valence-electron chi connectivity index (χ3n) is 4.69. The van der Waals surface area contributed by atoms with Crippen molar-refractivity contribution in [1.29, 1.82) is 0 Å². The second kappa shape index (κ2) is 15.2. The van der Waals surface area contributed by atoms with Crippen LogP contribution in [0.4, 0.5) is 0 Å². The predicted octanol–water partition coefficient (Wildman–Crippen LogP) is 5.89.